The lowest BCUT2D eigenvalue weighted by Crippen LogP contribution is -2.44. The Balaban J connectivity index is 2.17. The lowest BCUT2D eigenvalue weighted by atomic mass is 10.1. The number of nitrogens with zero attached hydrogens (tertiary/aromatic N) is 7. The van der Waals surface area contributed by atoms with Gasteiger partial charge in [-0.2, -0.15) is 9.97 Å². The third kappa shape index (κ3) is 3.98. The summed E-state index contributed by atoms with van der Waals surface area (Å²) in [5.74, 6) is 4.46. The number of rotatable bonds is 4. The molecule has 28 heavy (non-hydrogen) atoms. The quantitative estimate of drug-likeness (QED) is 0.230. The monoisotopic (exact) mass is 392 g/mol. The number of amidine groups is 1. The second kappa shape index (κ2) is 8.12. The Morgan fingerprint density at radius 1 is 1.39 bits per heavy atom. The van der Waals surface area contributed by atoms with Gasteiger partial charge in [0, 0.05) is 23.9 Å². The Kier molecular flexibility index (Phi) is 5.63. The average Bonchev–Trinajstić information content (AvgIpc) is 2.68. The average molecular weight is 392 g/mol. The number of ether oxygens (including phenoxy) is 1. The van der Waals surface area contributed by atoms with Crippen molar-refractivity contribution >= 4 is 17.6 Å². The maximum absolute atomic E-state index is 13.5. The van der Waals surface area contributed by atoms with Crippen molar-refractivity contribution in [2.24, 2.45) is 16.2 Å². The Hall–Kier alpha value is -3.35. The van der Waals surface area contributed by atoms with Crippen LogP contribution in [0.2, 0.25) is 0 Å². The molecule has 2 aromatic rings. The van der Waals surface area contributed by atoms with Crippen molar-refractivity contribution in [2.45, 2.75) is 19.4 Å². The maximum Gasteiger partial charge on any atom is 0.264 e. The van der Waals surface area contributed by atoms with Crippen LogP contribution in [0.3, 0.4) is 0 Å². The van der Waals surface area contributed by atoms with Gasteiger partial charge in [0.2, 0.25) is 17.6 Å². The molecule has 2 aromatic heterocycles. The standard InChI is InChI=1S/C15H18F2N10O/c1-7-6-28-3-2-27(7)15-23-13(22-14(24-15)12(19)25-26-20)9-5-21-10(18)4-8(9)11(16)17/h4-5,7,11H,2-3,6H2,1H3,(H2,18,21)(H3,19,20,25)/t7-/m1/s1. The summed E-state index contributed by atoms with van der Waals surface area (Å²) in [6.45, 7) is 3.29. The number of halogens is 2. The first-order valence-electron chi connectivity index (χ1n) is 8.25. The van der Waals surface area contributed by atoms with Gasteiger partial charge in [-0.25, -0.2) is 18.7 Å². The summed E-state index contributed by atoms with van der Waals surface area (Å²) in [5.41, 5.74) is 5.13. The molecule has 3 rings (SSSR count). The summed E-state index contributed by atoms with van der Waals surface area (Å²) in [6.07, 6.45) is -1.66. The van der Waals surface area contributed by atoms with E-state index in [1.165, 1.54) is 0 Å². The normalized spacial score (nSPS) is 17.4. The number of anilines is 2. The van der Waals surface area contributed by atoms with Crippen molar-refractivity contribution in [1.82, 2.24) is 19.9 Å². The molecule has 11 nitrogen and oxygen atoms in total. The molecule has 0 radical (unpaired) electrons. The SMILES string of the molecule is C[C@@H]1COCCN1c1nc(C(=N)/N=N\N)nc(-c2cnc(N)cc2C(F)F)n1. The molecule has 0 amide bonds. The molecule has 0 aromatic carbocycles. The minimum absolute atomic E-state index is 0.0208. The van der Waals surface area contributed by atoms with Gasteiger partial charge < -0.3 is 21.2 Å². The van der Waals surface area contributed by atoms with Crippen molar-refractivity contribution in [1.29, 1.82) is 5.41 Å². The van der Waals surface area contributed by atoms with Crippen molar-refractivity contribution in [3.8, 4) is 11.4 Å². The zero-order chi connectivity index (χ0) is 20.3. The molecule has 0 spiro atoms. The van der Waals surface area contributed by atoms with Crippen LogP contribution in [0.25, 0.3) is 11.4 Å². The summed E-state index contributed by atoms with van der Waals surface area (Å²) in [7, 11) is 0. The highest BCUT2D eigenvalue weighted by atomic mass is 19.3. The van der Waals surface area contributed by atoms with E-state index in [9.17, 15) is 8.78 Å². The number of nitrogen functional groups attached to an aromatic ring is 1. The molecule has 0 bridgehead atoms. The van der Waals surface area contributed by atoms with Crippen LogP contribution in [0.5, 0.6) is 0 Å². The largest absolute Gasteiger partial charge is 0.384 e. The first-order valence-corrected chi connectivity index (χ1v) is 8.25. The second-order valence-corrected chi connectivity index (χ2v) is 5.96. The molecule has 13 heteroatoms. The summed E-state index contributed by atoms with van der Waals surface area (Å²) >= 11 is 0. The van der Waals surface area contributed by atoms with Crippen molar-refractivity contribution in [2.75, 3.05) is 30.4 Å². The molecule has 0 saturated carbocycles. The van der Waals surface area contributed by atoms with Crippen LogP contribution in [0.1, 0.15) is 24.7 Å². The van der Waals surface area contributed by atoms with Crippen LogP contribution < -0.4 is 16.5 Å². The number of nitrogens with two attached hydrogens (primary N) is 2. The first kappa shape index (κ1) is 19.4. The van der Waals surface area contributed by atoms with E-state index in [0.717, 1.165) is 12.3 Å². The number of aromatic nitrogens is 4. The lowest BCUT2D eigenvalue weighted by molar-refractivity contribution is 0.0980. The molecular weight excluding hydrogens is 374 g/mol. The van der Waals surface area contributed by atoms with Gasteiger partial charge in [0.25, 0.3) is 6.43 Å². The molecule has 1 fully saturated rings. The number of hydrogen-bond donors (Lipinski definition) is 3. The van der Waals surface area contributed by atoms with E-state index in [0.29, 0.717) is 19.8 Å². The Morgan fingerprint density at radius 2 is 2.18 bits per heavy atom. The fourth-order valence-corrected chi connectivity index (χ4v) is 2.70. The second-order valence-electron chi connectivity index (χ2n) is 5.96. The van der Waals surface area contributed by atoms with Crippen LogP contribution in [0.15, 0.2) is 22.6 Å². The molecule has 1 atom stereocenters. The molecule has 148 valence electrons. The van der Waals surface area contributed by atoms with E-state index in [1.54, 1.807) is 0 Å². The fourth-order valence-electron chi connectivity index (χ4n) is 2.70. The number of morpholine rings is 1. The van der Waals surface area contributed by atoms with E-state index in [4.69, 9.17) is 21.7 Å². The number of pyridine rings is 1. The number of hydrogen-bond acceptors (Lipinski definition) is 9. The molecule has 1 saturated heterocycles. The third-order valence-electron chi connectivity index (χ3n) is 4.05. The smallest absolute Gasteiger partial charge is 0.264 e. The molecule has 1 aliphatic heterocycles. The third-order valence-corrected chi connectivity index (χ3v) is 4.05. The molecule has 1 aliphatic rings. The van der Waals surface area contributed by atoms with Crippen LogP contribution in [-0.4, -0.2) is 51.6 Å². The van der Waals surface area contributed by atoms with Crippen molar-refractivity contribution in [3.63, 3.8) is 0 Å². The van der Waals surface area contributed by atoms with E-state index >= 15 is 0 Å². The zero-order valence-electron chi connectivity index (χ0n) is 14.9. The van der Waals surface area contributed by atoms with E-state index in [-0.39, 0.29) is 40.6 Å². The van der Waals surface area contributed by atoms with Crippen LogP contribution in [0, 0.1) is 5.41 Å². The summed E-state index contributed by atoms with van der Waals surface area (Å²) < 4.78 is 32.4. The lowest BCUT2D eigenvalue weighted by Gasteiger charge is -2.33. The van der Waals surface area contributed by atoms with Gasteiger partial charge in [0.15, 0.2) is 5.82 Å². The minimum atomic E-state index is -2.82. The summed E-state index contributed by atoms with van der Waals surface area (Å²) in [5, 5.41) is 14.4. The Morgan fingerprint density at radius 3 is 2.86 bits per heavy atom. The van der Waals surface area contributed by atoms with Gasteiger partial charge in [0.1, 0.15) is 5.82 Å². The highest BCUT2D eigenvalue weighted by molar-refractivity contribution is 5.93. The van der Waals surface area contributed by atoms with E-state index in [1.807, 2.05) is 11.8 Å². The predicted molar refractivity (Wildman–Crippen MR) is 95.9 cm³/mol. The van der Waals surface area contributed by atoms with Crippen LogP contribution >= 0.6 is 0 Å². The van der Waals surface area contributed by atoms with Gasteiger partial charge in [-0.05, 0) is 13.0 Å². The summed E-state index contributed by atoms with van der Waals surface area (Å²) in [6, 6.07) is 0.993. The number of nitrogens with one attached hydrogen (secondary N) is 1. The van der Waals surface area contributed by atoms with Gasteiger partial charge in [-0.1, -0.05) is 5.22 Å². The van der Waals surface area contributed by atoms with Gasteiger partial charge in [0.05, 0.1) is 19.3 Å². The van der Waals surface area contributed by atoms with E-state index in [2.05, 4.69) is 30.3 Å². The molecular formula is C15H18F2N10O. The van der Waals surface area contributed by atoms with Crippen molar-refractivity contribution < 1.29 is 13.5 Å². The van der Waals surface area contributed by atoms with Crippen LogP contribution in [0.4, 0.5) is 20.5 Å². The molecule has 3 heterocycles. The van der Waals surface area contributed by atoms with Gasteiger partial charge in [-0.15, -0.1) is 5.11 Å². The molecule has 0 unspecified atom stereocenters. The Labute approximate surface area is 158 Å². The van der Waals surface area contributed by atoms with Gasteiger partial charge >= 0.3 is 0 Å². The molecule has 5 N–H and O–H groups in total. The van der Waals surface area contributed by atoms with E-state index < -0.39 is 12.3 Å². The minimum Gasteiger partial charge on any atom is -0.384 e. The topological polar surface area (TPSA) is 165 Å². The van der Waals surface area contributed by atoms with Crippen molar-refractivity contribution in [3.05, 3.63) is 23.7 Å². The number of alkyl halides is 2. The molecule has 0 aliphatic carbocycles. The zero-order valence-corrected chi connectivity index (χ0v) is 14.9. The predicted octanol–water partition coefficient (Wildman–Crippen LogP) is 1.33. The highest BCUT2D eigenvalue weighted by Crippen LogP contribution is 2.31. The fraction of sp³-hybridized carbons (Fsp3) is 0.400. The maximum atomic E-state index is 13.5. The van der Waals surface area contributed by atoms with Crippen LogP contribution in [-0.2, 0) is 4.74 Å². The highest BCUT2D eigenvalue weighted by Gasteiger charge is 2.25. The summed E-state index contributed by atoms with van der Waals surface area (Å²) in [4.78, 5) is 18.3. The Bertz CT molecular complexity index is 906. The van der Waals surface area contributed by atoms with Gasteiger partial charge in [-0.3, -0.25) is 5.41 Å². The first-order chi connectivity index (χ1) is 13.4.